The fourth-order valence-corrected chi connectivity index (χ4v) is 14.4. The van der Waals surface area contributed by atoms with Crippen molar-refractivity contribution in [2.75, 3.05) is 0 Å². The van der Waals surface area contributed by atoms with Gasteiger partial charge in [0.2, 0.25) is 0 Å². The monoisotopic (exact) mass is 772 g/mol. The second-order valence-corrected chi connectivity index (χ2v) is 19.7. The van der Waals surface area contributed by atoms with Gasteiger partial charge in [-0.1, -0.05) is 0 Å². The van der Waals surface area contributed by atoms with Crippen LogP contribution in [0.25, 0.3) is 0 Å². The topological polar surface area (TPSA) is 52.6 Å². The Labute approximate surface area is 335 Å². The van der Waals surface area contributed by atoms with Gasteiger partial charge >= 0.3 is 338 Å². The second-order valence-electron chi connectivity index (χ2n) is 15.3. The van der Waals surface area contributed by atoms with Gasteiger partial charge in [0.15, 0.2) is 0 Å². The van der Waals surface area contributed by atoms with Gasteiger partial charge in [0, 0.05) is 0 Å². The Bertz CT molecular complexity index is 2050. The van der Waals surface area contributed by atoms with Gasteiger partial charge in [-0.15, -0.1) is 0 Å². The zero-order valence-electron chi connectivity index (χ0n) is 33.0. The van der Waals surface area contributed by atoms with Crippen molar-refractivity contribution in [2.24, 2.45) is 5.41 Å². The van der Waals surface area contributed by atoms with Crippen molar-refractivity contribution >= 4 is 11.9 Å². The number of benzene rings is 6. The molecule has 7 rings (SSSR count). The van der Waals surface area contributed by atoms with E-state index >= 15 is 9.59 Å². The molecule has 0 bridgehead atoms. The molecule has 0 unspecified atom stereocenters. The van der Waals surface area contributed by atoms with Crippen molar-refractivity contribution in [3.05, 3.63) is 236 Å². The third kappa shape index (κ3) is 6.41. The van der Waals surface area contributed by atoms with Crippen LogP contribution in [0.5, 0.6) is 0 Å². The number of allylic oxidation sites excluding steroid dienone is 4. The first kappa shape index (κ1) is 38.7. The fraction of sp³-hybridized carbons (Fsp3) is 0.176. The van der Waals surface area contributed by atoms with Crippen LogP contribution >= 0.6 is 0 Å². The maximum absolute atomic E-state index is 16.0. The predicted molar refractivity (Wildman–Crippen MR) is 221 cm³/mol. The first-order chi connectivity index (χ1) is 27.0. The molecule has 280 valence electrons. The van der Waals surface area contributed by atoms with E-state index in [0.717, 1.165) is 54.0 Å². The van der Waals surface area contributed by atoms with Gasteiger partial charge in [0.1, 0.15) is 0 Å². The third-order valence-corrected chi connectivity index (χ3v) is 16.7. The molecule has 56 heavy (non-hydrogen) atoms. The van der Waals surface area contributed by atoms with Gasteiger partial charge in [-0.3, -0.25) is 0 Å². The van der Waals surface area contributed by atoms with Crippen molar-refractivity contribution in [1.29, 1.82) is 0 Å². The number of carbonyl (C=O) groups excluding carboxylic acids is 2. The van der Waals surface area contributed by atoms with Gasteiger partial charge in [-0.2, -0.15) is 0 Å². The van der Waals surface area contributed by atoms with Crippen LogP contribution in [0.3, 0.4) is 0 Å². The average molecular weight is 773 g/mol. The summed E-state index contributed by atoms with van der Waals surface area (Å²) in [7, 11) is 0. The third-order valence-electron chi connectivity index (χ3n) is 11.9. The minimum absolute atomic E-state index is 0.487. The van der Waals surface area contributed by atoms with E-state index < -0.39 is 45.5 Å². The summed E-state index contributed by atoms with van der Waals surface area (Å²) in [6.45, 7) is 10.6. The average Bonchev–Trinajstić information content (AvgIpc) is 3.38. The Kier molecular flexibility index (Phi) is 10.7. The van der Waals surface area contributed by atoms with Crippen molar-refractivity contribution in [3.8, 4) is 0 Å². The summed E-state index contributed by atoms with van der Waals surface area (Å²) in [5, 5.41) is 1.93. The molecule has 0 amide bonds. The summed E-state index contributed by atoms with van der Waals surface area (Å²) in [5.74, 6) is -0.973. The number of hydrogen-bond donors (Lipinski definition) is 0. The molecular weight excluding hydrogens is 724 g/mol. The van der Waals surface area contributed by atoms with Gasteiger partial charge in [0.05, 0.1) is 0 Å². The minimum atomic E-state index is -4.88. The van der Waals surface area contributed by atoms with Crippen LogP contribution in [0.15, 0.2) is 203 Å². The molecule has 1 aliphatic rings. The standard InChI is InChI=1S/2C20H16O2.C10H15.CH3.Ti/c2*21-19(22)20(16-10-4-1-5-11-16,17-12-6-2-7-13-17)18-14-8-3-9-15-18;1-7-6-10(4,5)9(3)8(7)2;;/h2*1-15H,(H,21,22);1-5H3;1H3;/q;;;;+2/p-2. The molecule has 4 nitrogen and oxygen atoms in total. The van der Waals surface area contributed by atoms with Gasteiger partial charge < -0.3 is 0 Å². The first-order valence-corrected chi connectivity index (χ1v) is 22.8. The Morgan fingerprint density at radius 1 is 0.429 bits per heavy atom. The Hall–Kier alpha value is -5.55. The Morgan fingerprint density at radius 2 is 0.661 bits per heavy atom. The molecule has 0 aromatic heterocycles. The van der Waals surface area contributed by atoms with E-state index in [2.05, 4.69) is 34.6 Å². The molecule has 0 spiro atoms. The first-order valence-electron chi connectivity index (χ1n) is 19.2. The van der Waals surface area contributed by atoms with Crippen molar-refractivity contribution in [2.45, 2.75) is 50.7 Å². The number of rotatable bonds is 11. The molecular formula is C51H48O4Ti. The Morgan fingerprint density at radius 3 is 0.857 bits per heavy atom. The molecule has 0 atom stereocenters. The quantitative estimate of drug-likeness (QED) is 0.0972. The summed E-state index contributed by atoms with van der Waals surface area (Å²) in [4.78, 5) is 31.9. The summed E-state index contributed by atoms with van der Waals surface area (Å²) >= 11 is -4.88. The van der Waals surface area contributed by atoms with E-state index in [4.69, 9.17) is 6.64 Å². The SMILES string of the molecule is CC1=C(C)C(C)(C)[C]([Ti]([CH3])([O]C(=O)C(c2ccccc2)(c2ccccc2)c2ccccc2)[O]C(=O)C(c2ccccc2)(c2ccccc2)c2ccccc2)=C1C. The summed E-state index contributed by atoms with van der Waals surface area (Å²) < 4.78 is 15.4. The van der Waals surface area contributed by atoms with E-state index in [1.165, 1.54) is 0 Å². The van der Waals surface area contributed by atoms with Gasteiger partial charge in [-0.25, -0.2) is 0 Å². The van der Waals surface area contributed by atoms with Crippen LogP contribution in [0.1, 0.15) is 68.0 Å². The molecule has 0 radical (unpaired) electrons. The molecule has 0 saturated carbocycles. The summed E-state index contributed by atoms with van der Waals surface area (Å²) in [6, 6.07) is 58.7. The molecule has 0 fully saturated rings. The molecule has 0 N–H and O–H groups in total. The zero-order valence-corrected chi connectivity index (χ0v) is 34.5. The molecule has 0 aliphatic heterocycles. The van der Waals surface area contributed by atoms with E-state index in [-0.39, 0.29) is 0 Å². The second kappa shape index (κ2) is 15.5. The molecule has 5 heteroatoms. The van der Waals surface area contributed by atoms with Gasteiger partial charge in [0.25, 0.3) is 0 Å². The van der Waals surface area contributed by atoms with E-state index in [1.807, 2.05) is 187 Å². The maximum atomic E-state index is 16.0. The molecule has 6 aromatic rings. The number of carbonyl (C=O) groups is 2. The molecule has 0 heterocycles. The van der Waals surface area contributed by atoms with Crippen LogP contribution in [0.2, 0.25) is 5.23 Å². The fourth-order valence-electron chi connectivity index (χ4n) is 8.97. The van der Waals surface area contributed by atoms with Crippen LogP contribution in [0.4, 0.5) is 0 Å². The zero-order chi connectivity index (χ0) is 39.6. The van der Waals surface area contributed by atoms with Gasteiger partial charge in [-0.05, 0) is 0 Å². The van der Waals surface area contributed by atoms with Crippen LogP contribution in [0, 0.1) is 5.41 Å². The van der Waals surface area contributed by atoms with E-state index in [1.54, 1.807) is 0 Å². The molecule has 0 saturated heterocycles. The van der Waals surface area contributed by atoms with Crippen molar-refractivity contribution < 1.29 is 33.6 Å². The molecule has 1 aliphatic carbocycles. The van der Waals surface area contributed by atoms with E-state index in [0.29, 0.717) is 0 Å². The van der Waals surface area contributed by atoms with Crippen molar-refractivity contribution in [1.82, 2.24) is 0 Å². The predicted octanol–water partition coefficient (Wildman–Crippen LogP) is 11.8. The normalized spacial score (nSPS) is 14.4. The van der Waals surface area contributed by atoms with Crippen molar-refractivity contribution in [3.63, 3.8) is 0 Å². The van der Waals surface area contributed by atoms with Crippen LogP contribution in [-0.4, -0.2) is 11.9 Å². The summed E-state index contributed by atoms with van der Waals surface area (Å²) in [6.07, 6.45) is 0. The summed E-state index contributed by atoms with van der Waals surface area (Å²) in [5.41, 5.74) is 4.52. The van der Waals surface area contributed by atoms with Crippen LogP contribution < -0.4 is 0 Å². The van der Waals surface area contributed by atoms with Crippen LogP contribution in [-0.2, 0) is 44.4 Å². The molecule has 6 aromatic carbocycles. The number of hydrogen-bond acceptors (Lipinski definition) is 4. The Balaban J connectivity index is 1.49. The van der Waals surface area contributed by atoms with E-state index in [9.17, 15) is 0 Å².